The summed E-state index contributed by atoms with van der Waals surface area (Å²) in [7, 11) is 1.24. The van der Waals surface area contributed by atoms with Crippen LogP contribution in [0.4, 0.5) is 0 Å². The molecule has 0 aliphatic rings. The number of rotatable bonds is 4. The highest BCUT2D eigenvalue weighted by Crippen LogP contribution is 2.10. The van der Waals surface area contributed by atoms with E-state index in [-0.39, 0.29) is 23.4 Å². The van der Waals surface area contributed by atoms with E-state index >= 15 is 0 Å². The third kappa shape index (κ3) is 2.52. The van der Waals surface area contributed by atoms with E-state index < -0.39 is 11.5 Å². The van der Waals surface area contributed by atoms with Gasteiger partial charge in [-0.25, -0.2) is 9.31 Å². The Morgan fingerprint density at radius 1 is 1.26 bits per heavy atom. The number of methoxy groups -OCH3 is 1. The third-order valence-corrected chi connectivity index (χ3v) is 3.50. The third-order valence-electron chi connectivity index (χ3n) is 3.50. The molecule has 3 aromatic rings. The summed E-state index contributed by atoms with van der Waals surface area (Å²) in [5, 5.41) is 4.09. The predicted octanol–water partition coefficient (Wildman–Crippen LogP) is 1.14. The number of esters is 1. The molecule has 0 N–H and O–H groups in total. The zero-order valence-corrected chi connectivity index (χ0v) is 12.3. The highest BCUT2D eigenvalue weighted by Gasteiger charge is 2.19. The first-order valence-electron chi connectivity index (χ1n) is 6.85. The SMILES string of the molecule is COC(=O)c1ccn2nc(C=O)n(Cc3ccccc3)c(=O)c12. The Labute approximate surface area is 130 Å². The molecule has 2 aromatic heterocycles. The van der Waals surface area contributed by atoms with E-state index in [0.717, 1.165) is 5.56 Å². The van der Waals surface area contributed by atoms with E-state index in [0.29, 0.717) is 6.29 Å². The molecule has 0 fully saturated rings. The molecule has 1 aromatic carbocycles. The second-order valence-corrected chi connectivity index (χ2v) is 4.87. The van der Waals surface area contributed by atoms with Crippen molar-refractivity contribution < 1.29 is 14.3 Å². The van der Waals surface area contributed by atoms with Crippen molar-refractivity contribution in [1.82, 2.24) is 14.2 Å². The van der Waals surface area contributed by atoms with Crippen molar-refractivity contribution >= 4 is 17.8 Å². The van der Waals surface area contributed by atoms with Gasteiger partial charge in [0.25, 0.3) is 5.56 Å². The number of aldehydes is 1. The van der Waals surface area contributed by atoms with Crippen molar-refractivity contribution in [3.05, 3.63) is 69.9 Å². The average molecular weight is 311 g/mol. The molecule has 2 heterocycles. The Morgan fingerprint density at radius 2 is 2.00 bits per heavy atom. The number of aromatic nitrogens is 3. The van der Waals surface area contributed by atoms with E-state index in [1.54, 1.807) is 0 Å². The minimum Gasteiger partial charge on any atom is -0.465 e. The minimum absolute atomic E-state index is 0.0154. The first kappa shape index (κ1) is 14.7. The van der Waals surface area contributed by atoms with Gasteiger partial charge in [-0.05, 0) is 11.6 Å². The Kier molecular flexibility index (Phi) is 3.76. The Morgan fingerprint density at radius 3 is 2.65 bits per heavy atom. The average Bonchev–Trinajstić information content (AvgIpc) is 3.01. The van der Waals surface area contributed by atoms with Gasteiger partial charge < -0.3 is 4.74 Å². The van der Waals surface area contributed by atoms with Gasteiger partial charge in [-0.15, -0.1) is 5.10 Å². The monoisotopic (exact) mass is 311 g/mol. The number of ether oxygens (including phenoxy) is 1. The van der Waals surface area contributed by atoms with Gasteiger partial charge in [-0.1, -0.05) is 30.3 Å². The quantitative estimate of drug-likeness (QED) is 0.533. The first-order valence-corrected chi connectivity index (χ1v) is 6.85. The van der Waals surface area contributed by atoms with Gasteiger partial charge >= 0.3 is 5.97 Å². The zero-order chi connectivity index (χ0) is 16.4. The number of nitrogens with zero attached hydrogens (tertiary/aromatic N) is 3. The van der Waals surface area contributed by atoms with Gasteiger partial charge in [0, 0.05) is 6.20 Å². The maximum Gasteiger partial charge on any atom is 0.340 e. The van der Waals surface area contributed by atoms with Crippen LogP contribution in [0.5, 0.6) is 0 Å². The first-order chi connectivity index (χ1) is 11.2. The van der Waals surface area contributed by atoms with E-state index in [1.165, 1.54) is 28.5 Å². The van der Waals surface area contributed by atoms with Crippen LogP contribution >= 0.6 is 0 Å². The van der Waals surface area contributed by atoms with Crippen molar-refractivity contribution in [3.63, 3.8) is 0 Å². The number of carbonyl (C=O) groups excluding carboxylic acids is 2. The maximum absolute atomic E-state index is 12.8. The van der Waals surface area contributed by atoms with Crippen molar-refractivity contribution in [1.29, 1.82) is 0 Å². The van der Waals surface area contributed by atoms with Crippen molar-refractivity contribution in [2.24, 2.45) is 0 Å². The summed E-state index contributed by atoms with van der Waals surface area (Å²) in [4.78, 5) is 35.8. The molecular weight excluding hydrogens is 298 g/mol. The fourth-order valence-corrected chi connectivity index (χ4v) is 2.40. The van der Waals surface area contributed by atoms with Crippen molar-refractivity contribution in [2.45, 2.75) is 6.54 Å². The van der Waals surface area contributed by atoms with Crippen LogP contribution < -0.4 is 5.56 Å². The van der Waals surface area contributed by atoms with Gasteiger partial charge in [0.1, 0.15) is 5.52 Å². The van der Waals surface area contributed by atoms with Gasteiger partial charge in [-0.3, -0.25) is 14.2 Å². The molecule has 0 aliphatic carbocycles. The molecule has 0 bridgehead atoms. The van der Waals surface area contributed by atoms with E-state index in [2.05, 4.69) is 9.84 Å². The number of hydrogen-bond donors (Lipinski definition) is 0. The Hall–Kier alpha value is -3.22. The smallest absolute Gasteiger partial charge is 0.340 e. The lowest BCUT2D eigenvalue weighted by Gasteiger charge is -2.09. The van der Waals surface area contributed by atoms with Crippen LogP contribution in [0.1, 0.15) is 26.5 Å². The summed E-state index contributed by atoms with van der Waals surface area (Å²) in [5.41, 5.74) is 0.564. The zero-order valence-electron chi connectivity index (χ0n) is 12.3. The topological polar surface area (TPSA) is 82.7 Å². The molecule has 0 spiro atoms. The second kappa shape index (κ2) is 5.88. The minimum atomic E-state index is -0.628. The number of fused-ring (bicyclic) bond motifs is 1. The number of hydrogen-bond acceptors (Lipinski definition) is 5. The van der Waals surface area contributed by atoms with E-state index in [9.17, 15) is 14.4 Å². The Balaban J connectivity index is 2.23. The van der Waals surface area contributed by atoms with Crippen LogP contribution in [0.2, 0.25) is 0 Å². The summed E-state index contributed by atoms with van der Waals surface area (Å²) in [6.07, 6.45) is 1.96. The highest BCUT2D eigenvalue weighted by atomic mass is 16.5. The summed E-state index contributed by atoms with van der Waals surface area (Å²) in [6, 6.07) is 10.6. The van der Waals surface area contributed by atoms with Gasteiger partial charge in [-0.2, -0.15) is 0 Å². The van der Waals surface area contributed by atoms with E-state index in [1.807, 2.05) is 30.3 Å². The standard InChI is InChI=1S/C16H13N3O4/c1-23-16(22)12-7-8-19-14(12)15(21)18(13(10-20)17-19)9-11-5-3-2-4-6-11/h2-8,10H,9H2,1H3. The molecule has 0 aliphatic heterocycles. The molecule has 7 heteroatoms. The van der Waals surface area contributed by atoms with Gasteiger partial charge in [0.15, 0.2) is 12.1 Å². The highest BCUT2D eigenvalue weighted by molar-refractivity contribution is 5.97. The normalized spacial score (nSPS) is 10.7. The summed E-state index contributed by atoms with van der Waals surface area (Å²) >= 11 is 0. The summed E-state index contributed by atoms with van der Waals surface area (Å²) in [6.45, 7) is 0.184. The second-order valence-electron chi connectivity index (χ2n) is 4.87. The predicted molar refractivity (Wildman–Crippen MR) is 81.7 cm³/mol. The molecular formula is C16H13N3O4. The summed E-state index contributed by atoms with van der Waals surface area (Å²) < 4.78 is 7.14. The van der Waals surface area contributed by atoms with E-state index in [4.69, 9.17) is 0 Å². The maximum atomic E-state index is 12.8. The molecule has 0 radical (unpaired) electrons. The molecule has 0 saturated heterocycles. The summed E-state index contributed by atoms with van der Waals surface area (Å²) in [5.74, 6) is -0.644. The molecule has 7 nitrogen and oxygen atoms in total. The number of benzene rings is 1. The van der Waals surface area contributed by atoms with Crippen LogP contribution in [0.15, 0.2) is 47.4 Å². The van der Waals surface area contributed by atoms with Crippen molar-refractivity contribution in [2.75, 3.05) is 7.11 Å². The number of carbonyl (C=O) groups is 2. The fraction of sp³-hybridized carbons (Fsp3) is 0.125. The molecule has 0 atom stereocenters. The van der Waals surface area contributed by atoms with Crippen LogP contribution in [-0.4, -0.2) is 33.5 Å². The lowest BCUT2D eigenvalue weighted by Crippen LogP contribution is -2.29. The molecule has 0 amide bonds. The van der Waals surface area contributed by atoms with Gasteiger partial charge in [0.2, 0.25) is 0 Å². The van der Waals surface area contributed by atoms with Crippen LogP contribution in [0.3, 0.4) is 0 Å². The molecule has 116 valence electrons. The van der Waals surface area contributed by atoms with Crippen molar-refractivity contribution in [3.8, 4) is 0 Å². The Bertz CT molecular complexity index is 941. The van der Waals surface area contributed by atoms with Crippen LogP contribution in [0.25, 0.3) is 5.52 Å². The lowest BCUT2D eigenvalue weighted by molar-refractivity contribution is 0.0603. The van der Waals surface area contributed by atoms with Crippen LogP contribution in [0, 0.1) is 0 Å². The molecule has 0 saturated carbocycles. The molecule has 0 unspecified atom stereocenters. The van der Waals surface area contributed by atoms with Gasteiger partial charge in [0.05, 0.1) is 19.2 Å². The molecule has 3 rings (SSSR count). The molecule has 23 heavy (non-hydrogen) atoms. The lowest BCUT2D eigenvalue weighted by atomic mass is 10.2. The van der Waals surface area contributed by atoms with Crippen LogP contribution in [-0.2, 0) is 11.3 Å². The fourth-order valence-electron chi connectivity index (χ4n) is 2.40. The largest absolute Gasteiger partial charge is 0.465 e.